The summed E-state index contributed by atoms with van der Waals surface area (Å²) in [5.74, 6) is -1.39. The minimum absolute atomic E-state index is 0.0431. The SMILES string of the molecule is CC1c2ccccc2CCN1C(=O)c1cnc(C(=O)O)cn1. The van der Waals surface area contributed by atoms with E-state index >= 15 is 0 Å². The van der Waals surface area contributed by atoms with Crippen LogP contribution in [0.15, 0.2) is 36.7 Å². The molecule has 1 aromatic heterocycles. The lowest BCUT2D eigenvalue weighted by molar-refractivity contribution is 0.0660. The van der Waals surface area contributed by atoms with Gasteiger partial charge >= 0.3 is 5.97 Å². The van der Waals surface area contributed by atoms with Gasteiger partial charge in [0, 0.05) is 6.54 Å². The number of carbonyl (C=O) groups is 2. The predicted molar refractivity (Wildman–Crippen MR) is 78.6 cm³/mol. The molecule has 1 unspecified atom stereocenters. The number of benzene rings is 1. The van der Waals surface area contributed by atoms with Gasteiger partial charge in [-0.3, -0.25) is 4.79 Å². The van der Waals surface area contributed by atoms with Crippen molar-refractivity contribution >= 4 is 11.9 Å². The molecule has 2 aromatic rings. The molecule has 0 saturated carbocycles. The van der Waals surface area contributed by atoms with Crippen molar-refractivity contribution < 1.29 is 14.7 Å². The smallest absolute Gasteiger partial charge is 0.356 e. The van der Waals surface area contributed by atoms with Gasteiger partial charge in [0.15, 0.2) is 5.69 Å². The Morgan fingerprint density at radius 2 is 1.86 bits per heavy atom. The van der Waals surface area contributed by atoms with Gasteiger partial charge in [0.25, 0.3) is 5.91 Å². The average Bonchev–Trinajstić information content (AvgIpc) is 2.55. The van der Waals surface area contributed by atoms with Crippen molar-refractivity contribution in [1.82, 2.24) is 14.9 Å². The van der Waals surface area contributed by atoms with Gasteiger partial charge in [-0.2, -0.15) is 0 Å². The van der Waals surface area contributed by atoms with Crippen LogP contribution >= 0.6 is 0 Å². The second-order valence-corrected chi connectivity index (χ2v) is 5.22. The van der Waals surface area contributed by atoms with Crippen LogP contribution in [0.5, 0.6) is 0 Å². The molecule has 6 nitrogen and oxygen atoms in total. The normalized spacial score (nSPS) is 17.0. The zero-order chi connectivity index (χ0) is 15.7. The fourth-order valence-corrected chi connectivity index (χ4v) is 2.75. The molecule has 1 aliphatic rings. The summed E-state index contributed by atoms with van der Waals surface area (Å²) in [5.41, 5.74) is 2.38. The zero-order valence-electron chi connectivity index (χ0n) is 12.1. The Morgan fingerprint density at radius 3 is 2.55 bits per heavy atom. The van der Waals surface area contributed by atoms with Crippen LogP contribution in [0.25, 0.3) is 0 Å². The molecule has 0 fully saturated rings. The van der Waals surface area contributed by atoms with E-state index in [0.29, 0.717) is 6.54 Å². The first kappa shape index (κ1) is 14.2. The second kappa shape index (κ2) is 5.55. The molecular formula is C16H15N3O3. The number of aromatic nitrogens is 2. The largest absolute Gasteiger partial charge is 0.476 e. The first-order valence-electron chi connectivity index (χ1n) is 7.02. The van der Waals surface area contributed by atoms with Crippen molar-refractivity contribution in [3.8, 4) is 0 Å². The number of carboxylic acid groups (broad SMARTS) is 1. The minimum atomic E-state index is -1.16. The molecule has 0 radical (unpaired) electrons. The molecule has 0 spiro atoms. The maximum absolute atomic E-state index is 12.6. The van der Waals surface area contributed by atoms with Gasteiger partial charge in [0.2, 0.25) is 0 Å². The average molecular weight is 297 g/mol. The standard InChI is InChI=1S/C16H15N3O3/c1-10-12-5-3-2-4-11(12)6-7-19(10)15(20)13-8-18-14(9-17-13)16(21)22/h2-5,8-10H,6-7H2,1H3,(H,21,22). The highest BCUT2D eigenvalue weighted by atomic mass is 16.4. The van der Waals surface area contributed by atoms with E-state index in [4.69, 9.17) is 5.11 Å². The van der Waals surface area contributed by atoms with Gasteiger partial charge in [-0.25, -0.2) is 14.8 Å². The van der Waals surface area contributed by atoms with Crippen LogP contribution in [-0.2, 0) is 6.42 Å². The molecule has 1 N–H and O–H groups in total. The lowest BCUT2D eigenvalue weighted by Crippen LogP contribution is -2.39. The molecule has 6 heteroatoms. The second-order valence-electron chi connectivity index (χ2n) is 5.22. The number of carboxylic acids is 1. The Hall–Kier alpha value is -2.76. The van der Waals surface area contributed by atoms with Crippen molar-refractivity contribution in [1.29, 1.82) is 0 Å². The Balaban J connectivity index is 1.85. The van der Waals surface area contributed by atoms with Gasteiger partial charge in [0.1, 0.15) is 5.69 Å². The van der Waals surface area contributed by atoms with Crippen molar-refractivity contribution in [3.05, 3.63) is 59.2 Å². The summed E-state index contributed by atoms with van der Waals surface area (Å²) in [4.78, 5) is 32.8. The summed E-state index contributed by atoms with van der Waals surface area (Å²) >= 11 is 0. The van der Waals surface area contributed by atoms with Crippen LogP contribution in [0.1, 0.15) is 45.1 Å². The minimum Gasteiger partial charge on any atom is -0.476 e. The molecule has 22 heavy (non-hydrogen) atoms. The van der Waals surface area contributed by atoms with Crippen molar-refractivity contribution in [3.63, 3.8) is 0 Å². The van der Waals surface area contributed by atoms with Gasteiger partial charge in [-0.1, -0.05) is 24.3 Å². The molecule has 1 amide bonds. The molecule has 0 saturated heterocycles. The van der Waals surface area contributed by atoms with E-state index in [1.165, 1.54) is 11.8 Å². The lowest BCUT2D eigenvalue weighted by Gasteiger charge is -2.35. The van der Waals surface area contributed by atoms with Crippen molar-refractivity contribution in [2.24, 2.45) is 0 Å². The summed E-state index contributed by atoms with van der Waals surface area (Å²) < 4.78 is 0. The Morgan fingerprint density at radius 1 is 1.18 bits per heavy atom. The number of carbonyl (C=O) groups excluding carboxylic acids is 1. The molecule has 0 bridgehead atoms. The highest BCUT2D eigenvalue weighted by Gasteiger charge is 2.28. The van der Waals surface area contributed by atoms with E-state index in [9.17, 15) is 9.59 Å². The van der Waals surface area contributed by atoms with Crippen LogP contribution in [0.2, 0.25) is 0 Å². The summed E-state index contributed by atoms with van der Waals surface area (Å²) in [6.45, 7) is 2.59. The molecule has 1 aromatic carbocycles. The quantitative estimate of drug-likeness (QED) is 0.915. The number of nitrogens with zero attached hydrogens (tertiary/aromatic N) is 3. The van der Waals surface area contributed by atoms with E-state index in [1.807, 2.05) is 25.1 Å². The van der Waals surface area contributed by atoms with E-state index in [2.05, 4.69) is 16.0 Å². The molecule has 1 atom stereocenters. The number of fused-ring (bicyclic) bond motifs is 1. The first-order chi connectivity index (χ1) is 10.6. The number of amides is 1. The summed E-state index contributed by atoms with van der Waals surface area (Å²) in [5, 5.41) is 8.82. The summed E-state index contributed by atoms with van der Waals surface area (Å²) in [6.07, 6.45) is 3.13. The zero-order valence-corrected chi connectivity index (χ0v) is 12.1. The fourth-order valence-electron chi connectivity index (χ4n) is 2.75. The van der Waals surface area contributed by atoms with E-state index in [0.717, 1.165) is 18.2 Å². The van der Waals surface area contributed by atoms with Gasteiger partial charge in [-0.05, 0) is 24.5 Å². The maximum atomic E-state index is 12.6. The highest BCUT2D eigenvalue weighted by molar-refractivity contribution is 5.93. The molecule has 3 rings (SSSR count). The van der Waals surface area contributed by atoms with Crippen LogP contribution in [0.3, 0.4) is 0 Å². The molecular weight excluding hydrogens is 282 g/mol. The van der Waals surface area contributed by atoms with Gasteiger partial charge in [0.05, 0.1) is 18.4 Å². The van der Waals surface area contributed by atoms with Crippen molar-refractivity contribution in [2.75, 3.05) is 6.54 Å². The van der Waals surface area contributed by atoms with Crippen LogP contribution in [0, 0.1) is 0 Å². The number of aromatic carboxylic acids is 1. The predicted octanol–water partition coefficient (Wildman–Crippen LogP) is 1.93. The third kappa shape index (κ3) is 2.43. The van der Waals surface area contributed by atoms with Crippen LogP contribution in [-0.4, -0.2) is 38.4 Å². The third-order valence-electron chi connectivity index (χ3n) is 3.95. The van der Waals surface area contributed by atoms with Crippen LogP contribution in [0.4, 0.5) is 0 Å². The Kier molecular flexibility index (Phi) is 3.58. The number of hydrogen-bond acceptors (Lipinski definition) is 4. The van der Waals surface area contributed by atoms with E-state index in [1.54, 1.807) is 4.90 Å². The maximum Gasteiger partial charge on any atom is 0.356 e. The fraction of sp³-hybridized carbons (Fsp3) is 0.250. The topological polar surface area (TPSA) is 83.4 Å². The van der Waals surface area contributed by atoms with Gasteiger partial charge in [-0.15, -0.1) is 0 Å². The third-order valence-corrected chi connectivity index (χ3v) is 3.95. The monoisotopic (exact) mass is 297 g/mol. The highest BCUT2D eigenvalue weighted by Crippen LogP contribution is 2.29. The van der Waals surface area contributed by atoms with E-state index < -0.39 is 5.97 Å². The first-order valence-corrected chi connectivity index (χ1v) is 7.02. The lowest BCUT2D eigenvalue weighted by atomic mass is 9.93. The Labute approximate surface area is 127 Å². The Bertz CT molecular complexity index is 728. The molecule has 2 heterocycles. The molecule has 0 aliphatic carbocycles. The molecule has 1 aliphatic heterocycles. The van der Waals surface area contributed by atoms with Crippen LogP contribution < -0.4 is 0 Å². The summed E-state index contributed by atoms with van der Waals surface area (Å²) in [6, 6.07) is 8.02. The van der Waals surface area contributed by atoms with Crippen molar-refractivity contribution in [2.45, 2.75) is 19.4 Å². The van der Waals surface area contributed by atoms with E-state index in [-0.39, 0.29) is 23.3 Å². The molecule has 112 valence electrons. The summed E-state index contributed by atoms with van der Waals surface area (Å²) in [7, 11) is 0. The number of rotatable bonds is 2. The number of hydrogen-bond donors (Lipinski definition) is 1. The van der Waals surface area contributed by atoms with Gasteiger partial charge < -0.3 is 10.0 Å².